The highest BCUT2D eigenvalue weighted by Crippen LogP contribution is 2.50. The highest BCUT2D eigenvalue weighted by molar-refractivity contribution is 5.42. The standard InChI is InChI=1S/C19H31N5/c1-4-18-20-11-17(12-21-18)23-7-5-22(6-8-23)16-9-19(10-16)13-24(14-19)15(2)3/h11-12,15-16H,4-10,13-14H2,1-3H3. The van der Waals surface area contributed by atoms with Gasteiger partial charge in [-0.3, -0.25) is 9.80 Å². The number of hydrogen-bond acceptors (Lipinski definition) is 5. The zero-order valence-electron chi connectivity index (χ0n) is 15.4. The molecular formula is C19H31N5. The summed E-state index contributed by atoms with van der Waals surface area (Å²) < 4.78 is 0. The molecule has 0 aromatic carbocycles. The summed E-state index contributed by atoms with van der Waals surface area (Å²) in [4.78, 5) is 16.7. The van der Waals surface area contributed by atoms with E-state index in [4.69, 9.17) is 0 Å². The van der Waals surface area contributed by atoms with Crippen LogP contribution >= 0.6 is 0 Å². The number of piperazine rings is 1. The minimum absolute atomic E-state index is 0.676. The number of rotatable bonds is 4. The van der Waals surface area contributed by atoms with E-state index < -0.39 is 0 Å². The van der Waals surface area contributed by atoms with E-state index in [9.17, 15) is 0 Å². The van der Waals surface area contributed by atoms with Crippen LogP contribution in [0.25, 0.3) is 0 Å². The SMILES string of the molecule is CCc1ncc(N2CCN(C3CC4(C3)CN(C(C)C)C4)CC2)cn1. The molecule has 3 fully saturated rings. The lowest BCUT2D eigenvalue weighted by molar-refractivity contribution is -0.120. The summed E-state index contributed by atoms with van der Waals surface area (Å²) in [5, 5.41) is 0. The smallest absolute Gasteiger partial charge is 0.128 e. The van der Waals surface area contributed by atoms with Gasteiger partial charge in [-0.1, -0.05) is 6.92 Å². The van der Waals surface area contributed by atoms with E-state index in [1.807, 2.05) is 12.4 Å². The lowest BCUT2D eigenvalue weighted by atomic mass is 9.60. The van der Waals surface area contributed by atoms with Gasteiger partial charge in [0.2, 0.25) is 0 Å². The molecule has 3 heterocycles. The molecule has 5 heteroatoms. The van der Waals surface area contributed by atoms with Crippen molar-refractivity contribution in [2.45, 2.75) is 52.1 Å². The summed E-state index contributed by atoms with van der Waals surface area (Å²) in [5.74, 6) is 0.938. The van der Waals surface area contributed by atoms with Gasteiger partial charge in [0, 0.05) is 57.8 Å². The third-order valence-corrected chi connectivity index (χ3v) is 6.35. The Balaban J connectivity index is 1.24. The van der Waals surface area contributed by atoms with Crippen LogP contribution in [-0.2, 0) is 6.42 Å². The largest absolute Gasteiger partial charge is 0.366 e. The predicted octanol–water partition coefficient (Wildman–Crippen LogP) is 2.03. The number of nitrogens with zero attached hydrogens (tertiary/aromatic N) is 5. The average Bonchev–Trinajstić information content (AvgIpc) is 2.53. The first-order chi connectivity index (χ1) is 11.6. The van der Waals surface area contributed by atoms with Gasteiger partial charge in [0.1, 0.15) is 5.82 Å². The maximum absolute atomic E-state index is 4.44. The molecule has 0 amide bonds. The lowest BCUT2D eigenvalue weighted by Crippen LogP contribution is -2.68. The first kappa shape index (κ1) is 16.3. The molecule has 2 saturated heterocycles. The second-order valence-electron chi connectivity index (χ2n) is 8.29. The van der Waals surface area contributed by atoms with Crippen LogP contribution < -0.4 is 4.90 Å². The fourth-order valence-electron chi connectivity index (χ4n) is 4.68. The van der Waals surface area contributed by atoms with Crippen molar-refractivity contribution in [3.8, 4) is 0 Å². The van der Waals surface area contributed by atoms with Gasteiger partial charge in [0.25, 0.3) is 0 Å². The molecule has 132 valence electrons. The highest BCUT2D eigenvalue weighted by Gasteiger charge is 2.54. The maximum Gasteiger partial charge on any atom is 0.128 e. The van der Waals surface area contributed by atoms with Gasteiger partial charge in [0.15, 0.2) is 0 Å². The quantitative estimate of drug-likeness (QED) is 0.845. The Hall–Kier alpha value is -1.20. The first-order valence-electron chi connectivity index (χ1n) is 9.62. The summed E-state index contributed by atoms with van der Waals surface area (Å²) in [5.41, 5.74) is 1.86. The van der Waals surface area contributed by atoms with Crippen molar-refractivity contribution in [3.63, 3.8) is 0 Å². The number of anilines is 1. The Morgan fingerprint density at radius 3 is 2.25 bits per heavy atom. The molecule has 0 N–H and O–H groups in total. The second kappa shape index (κ2) is 6.26. The molecule has 0 radical (unpaired) electrons. The van der Waals surface area contributed by atoms with Crippen LogP contribution in [0, 0.1) is 5.41 Å². The third-order valence-electron chi connectivity index (χ3n) is 6.35. The van der Waals surface area contributed by atoms with Crippen LogP contribution in [0.4, 0.5) is 5.69 Å². The molecule has 1 aromatic rings. The third kappa shape index (κ3) is 2.93. The molecular weight excluding hydrogens is 298 g/mol. The van der Waals surface area contributed by atoms with Crippen LogP contribution in [0.1, 0.15) is 39.4 Å². The van der Waals surface area contributed by atoms with Crippen LogP contribution in [0.15, 0.2) is 12.4 Å². The van der Waals surface area contributed by atoms with Gasteiger partial charge in [-0.2, -0.15) is 0 Å². The topological polar surface area (TPSA) is 35.5 Å². The molecule has 24 heavy (non-hydrogen) atoms. The van der Waals surface area contributed by atoms with Crippen molar-refractivity contribution in [2.75, 3.05) is 44.2 Å². The van der Waals surface area contributed by atoms with Gasteiger partial charge >= 0.3 is 0 Å². The molecule has 2 aliphatic heterocycles. The van der Waals surface area contributed by atoms with E-state index in [0.29, 0.717) is 5.41 Å². The van der Waals surface area contributed by atoms with Crippen LogP contribution in [0.2, 0.25) is 0 Å². The Kier molecular flexibility index (Phi) is 4.25. The molecule has 0 unspecified atom stereocenters. The summed E-state index contributed by atoms with van der Waals surface area (Å²) in [6.07, 6.45) is 7.74. The van der Waals surface area contributed by atoms with Crippen molar-refractivity contribution >= 4 is 5.69 Å². The van der Waals surface area contributed by atoms with Gasteiger partial charge in [-0.15, -0.1) is 0 Å². The van der Waals surface area contributed by atoms with Crippen molar-refractivity contribution in [3.05, 3.63) is 18.2 Å². The summed E-state index contributed by atoms with van der Waals surface area (Å²) >= 11 is 0. The van der Waals surface area contributed by atoms with E-state index in [1.54, 1.807) is 0 Å². The molecule has 0 bridgehead atoms. The normalized spacial score (nSPS) is 25.1. The van der Waals surface area contributed by atoms with Crippen LogP contribution in [0.3, 0.4) is 0 Å². The Morgan fingerprint density at radius 2 is 1.71 bits per heavy atom. The number of likely N-dealkylation sites (tertiary alicyclic amines) is 1. The predicted molar refractivity (Wildman–Crippen MR) is 97.4 cm³/mol. The molecule has 0 atom stereocenters. The van der Waals surface area contributed by atoms with E-state index in [-0.39, 0.29) is 0 Å². The van der Waals surface area contributed by atoms with Gasteiger partial charge in [-0.05, 0) is 32.1 Å². The minimum Gasteiger partial charge on any atom is -0.366 e. The van der Waals surface area contributed by atoms with E-state index in [1.165, 1.54) is 44.7 Å². The summed E-state index contributed by atoms with van der Waals surface area (Å²) in [7, 11) is 0. The monoisotopic (exact) mass is 329 g/mol. The van der Waals surface area contributed by atoms with E-state index in [2.05, 4.69) is 45.4 Å². The van der Waals surface area contributed by atoms with Crippen molar-refractivity contribution in [2.24, 2.45) is 5.41 Å². The molecule has 1 aliphatic carbocycles. The average molecular weight is 329 g/mol. The van der Waals surface area contributed by atoms with Crippen molar-refractivity contribution in [1.29, 1.82) is 0 Å². The van der Waals surface area contributed by atoms with Gasteiger partial charge in [-0.25, -0.2) is 9.97 Å². The number of aryl methyl sites for hydroxylation is 1. The summed E-state index contributed by atoms with van der Waals surface area (Å²) in [6.45, 7) is 14.0. The second-order valence-corrected chi connectivity index (χ2v) is 8.29. The van der Waals surface area contributed by atoms with Crippen molar-refractivity contribution < 1.29 is 0 Å². The zero-order chi connectivity index (χ0) is 16.7. The van der Waals surface area contributed by atoms with Gasteiger partial charge < -0.3 is 4.90 Å². The Labute approximate surface area is 146 Å². The van der Waals surface area contributed by atoms with Gasteiger partial charge in [0.05, 0.1) is 18.1 Å². The van der Waals surface area contributed by atoms with E-state index >= 15 is 0 Å². The molecule has 1 aromatic heterocycles. The molecule has 3 aliphatic rings. The molecule has 5 nitrogen and oxygen atoms in total. The maximum atomic E-state index is 4.44. The number of aromatic nitrogens is 2. The fraction of sp³-hybridized carbons (Fsp3) is 0.789. The first-order valence-corrected chi connectivity index (χ1v) is 9.62. The fourth-order valence-corrected chi connectivity index (χ4v) is 4.68. The summed E-state index contributed by atoms with van der Waals surface area (Å²) in [6, 6.07) is 1.56. The zero-order valence-corrected chi connectivity index (χ0v) is 15.4. The molecule has 4 rings (SSSR count). The Bertz CT molecular complexity index is 548. The Morgan fingerprint density at radius 1 is 1.08 bits per heavy atom. The molecule has 1 saturated carbocycles. The lowest BCUT2D eigenvalue weighted by Gasteiger charge is -2.62. The van der Waals surface area contributed by atoms with Crippen molar-refractivity contribution in [1.82, 2.24) is 19.8 Å². The van der Waals surface area contributed by atoms with Crippen LogP contribution in [-0.4, -0.2) is 71.1 Å². The minimum atomic E-state index is 0.676. The van der Waals surface area contributed by atoms with E-state index in [0.717, 1.165) is 37.4 Å². The number of hydrogen-bond donors (Lipinski definition) is 0. The molecule has 1 spiro atoms. The highest BCUT2D eigenvalue weighted by atomic mass is 15.3. The van der Waals surface area contributed by atoms with Crippen LogP contribution in [0.5, 0.6) is 0 Å².